The average Bonchev–Trinajstić information content (AvgIpc) is 3.73. The predicted octanol–water partition coefficient (Wildman–Crippen LogP) is 9.34. The van der Waals surface area contributed by atoms with E-state index in [0.717, 1.165) is 70.4 Å². The van der Waals surface area contributed by atoms with Crippen LogP contribution in [-0.2, 0) is 17.6 Å². The van der Waals surface area contributed by atoms with Gasteiger partial charge in [-0.15, -0.1) is 0 Å². The number of amides is 1. The summed E-state index contributed by atoms with van der Waals surface area (Å²) in [6.07, 6.45) is 3.77. The number of ether oxygens (including phenoxy) is 1. The molecule has 5 nitrogen and oxygen atoms in total. The number of rotatable bonds is 13. The maximum Gasteiger partial charge on any atom is 0.232 e. The average molecular weight is 650 g/mol. The number of hydrogen-bond donors (Lipinski definition) is 2. The van der Waals surface area contributed by atoms with Crippen LogP contribution in [0, 0.1) is 0 Å². The van der Waals surface area contributed by atoms with Crippen molar-refractivity contribution in [3.05, 3.63) is 150 Å². The van der Waals surface area contributed by atoms with Crippen LogP contribution in [0.1, 0.15) is 41.0 Å². The molecule has 0 saturated carbocycles. The van der Waals surface area contributed by atoms with Crippen LogP contribution in [-0.4, -0.2) is 35.3 Å². The molecule has 48 heavy (non-hydrogen) atoms. The monoisotopic (exact) mass is 649 g/mol. The van der Waals surface area contributed by atoms with Crippen LogP contribution in [0.4, 0.5) is 0 Å². The third kappa shape index (κ3) is 6.80. The fourth-order valence-electron chi connectivity index (χ4n) is 6.68. The van der Waals surface area contributed by atoms with Crippen molar-refractivity contribution in [2.45, 2.75) is 36.8 Å². The highest BCUT2D eigenvalue weighted by molar-refractivity contribution is 7.99. The lowest BCUT2D eigenvalue weighted by Gasteiger charge is -2.17. The smallest absolute Gasteiger partial charge is 0.232 e. The molecule has 0 bridgehead atoms. The Bertz CT molecular complexity index is 1930. The molecule has 2 N–H and O–H groups in total. The van der Waals surface area contributed by atoms with E-state index in [1.165, 1.54) is 27.8 Å². The van der Waals surface area contributed by atoms with Gasteiger partial charge in [0.05, 0.1) is 24.4 Å². The summed E-state index contributed by atoms with van der Waals surface area (Å²) in [5, 5.41) is 4.19. The molecule has 0 saturated heterocycles. The van der Waals surface area contributed by atoms with E-state index in [1.54, 1.807) is 18.9 Å². The van der Waals surface area contributed by atoms with E-state index in [4.69, 9.17) is 9.72 Å². The predicted molar refractivity (Wildman–Crippen MR) is 197 cm³/mol. The first-order valence-corrected chi connectivity index (χ1v) is 17.6. The number of carbonyl (C=O) groups excluding carboxylic acids is 1. The van der Waals surface area contributed by atoms with Gasteiger partial charge in [-0.3, -0.25) is 4.79 Å². The van der Waals surface area contributed by atoms with E-state index >= 15 is 0 Å². The minimum atomic E-state index is -0.298. The third-order valence-electron chi connectivity index (χ3n) is 9.05. The number of nitrogens with zero attached hydrogens (tertiary/aromatic N) is 1. The largest absolute Gasteiger partial charge is 0.497 e. The minimum Gasteiger partial charge on any atom is -0.497 e. The highest BCUT2D eigenvalue weighted by Gasteiger charge is 2.35. The van der Waals surface area contributed by atoms with Gasteiger partial charge in [0.2, 0.25) is 5.91 Å². The van der Waals surface area contributed by atoms with Crippen LogP contribution in [0.3, 0.4) is 0 Å². The topological polar surface area (TPSA) is 67.0 Å². The van der Waals surface area contributed by atoms with Crippen molar-refractivity contribution in [2.75, 3.05) is 19.4 Å². The van der Waals surface area contributed by atoms with Crippen molar-refractivity contribution in [3.63, 3.8) is 0 Å². The number of hydrogen-bond acceptors (Lipinski definition) is 4. The molecule has 1 amide bonds. The Labute approximate surface area is 286 Å². The normalized spacial score (nSPS) is 13.1. The number of aromatic nitrogens is 2. The molecular formula is C42H39N3O2S. The number of carbonyl (C=O) groups is 1. The molecule has 1 aliphatic rings. The van der Waals surface area contributed by atoms with Gasteiger partial charge in [-0.2, -0.15) is 0 Å². The fraction of sp³-hybridized carbons (Fsp3) is 0.190. The number of aromatic amines is 1. The Balaban J connectivity index is 1.01. The van der Waals surface area contributed by atoms with Gasteiger partial charge < -0.3 is 15.0 Å². The minimum absolute atomic E-state index is 0.0685. The van der Waals surface area contributed by atoms with Crippen LogP contribution < -0.4 is 10.1 Å². The summed E-state index contributed by atoms with van der Waals surface area (Å²) in [6.45, 7) is 0.587. The quantitative estimate of drug-likeness (QED) is 0.0967. The molecular weight excluding hydrogens is 611 g/mol. The van der Waals surface area contributed by atoms with Gasteiger partial charge in [0.15, 0.2) is 5.16 Å². The zero-order valence-electron chi connectivity index (χ0n) is 27.1. The van der Waals surface area contributed by atoms with E-state index in [0.29, 0.717) is 6.54 Å². The van der Waals surface area contributed by atoms with Crippen molar-refractivity contribution in [1.82, 2.24) is 15.3 Å². The second kappa shape index (κ2) is 14.8. The molecule has 0 spiro atoms. The van der Waals surface area contributed by atoms with E-state index in [-0.39, 0.29) is 11.8 Å². The number of benzene rings is 5. The first-order chi connectivity index (χ1) is 23.7. The van der Waals surface area contributed by atoms with Crippen molar-refractivity contribution < 1.29 is 9.53 Å². The number of imidazole rings is 1. The summed E-state index contributed by atoms with van der Waals surface area (Å²) in [7, 11) is 1.67. The Kier molecular flexibility index (Phi) is 9.71. The molecule has 0 radical (unpaired) electrons. The molecule has 0 aliphatic heterocycles. The highest BCUT2D eigenvalue weighted by atomic mass is 32.2. The molecule has 1 aromatic heterocycles. The number of methoxy groups -OCH3 is 1. The number of unbranched alkanes of at least 4 members (excludes halogenated alkanes) is 1. The summed E-state index contributed by atoms with van der Waals surface area (Å²) in [6, 6.07) is 43.7. The van der Waals surface area contributed by atoms with Crippen LogP contribution in [0.25, 0.3) is 33.6 Å². The van der Waals surface area contributed by atoms with Crippen LogP contribution in [0.2, 0.25) is 0 Å². The molecule has 1 aliphatic carbocycles. The van der Waals surface area contributed by atoms with Gasteiger partial charge in [-0.1, -0.05) is 127 Å². The second-order valence-corrected chi connectivity index (χ2v) is 13.2. The summed E-state index contributed by atoms with van der Waals surface area (Å²) in [5.74, 6) is 1.57. The lowest BCUT2D eigenvalue weighted by molar-refractivity contribution is -0.121. The molecule has 7 rings (SSSR count). The molecule has 240 valence electrons. The number of nitrogens with one attached hydrogen (secondary N) is 2. The maximum atomic E-state index is 13.8. The lowest BCUT2D eigenvalue weighted by Crippen LogP contribution is -2.31. The van der Waals surface area contributed by atoms with Gasteiger partial charge in [0.1, 0.15) is 5.75 Å². The maximum absolute atomic E-state index is 13.8. The van der Waals surface area contributed by atoms with Gasteiger partial charge in [0.25, 0.3) is 0 Å². The van der Waals surface area contributed by atoms with E-state index in [2.05, 4.69) is 107 Å². The van der Waals surface area contributed by atoms with Crippen LogP contribution >= 0.6 is 11.8 Å². The first kappa shape index (κ1) is 31.5. The molecule has 6 heteroatoms. The van der Waals surface area contributed by atoms with E-state index in [9.17, 15) is 4.79 Å². The Hall–Kier alpha value is -5.07. The van der Waals surface area contributed by atoms with Crippen molar-refractivity contribution >= 4 is 17.7 Å². The molecule has 1 unspecified atom stereocenters. The highest BCUT2D eigenvalue weighted by Crippen LogP contribution is 2.46. The standard InChI is InChI=1S/C42H39N3O2S/c1-47-33-24-22-29(23-25-33)26-27-43-41(46)38-36-20-9-8-19-34(36)35-21-12-18-30(37(35)38)13-10-11-28-48-42-44-39(31-14-4-2-5-15-31)40(45-42)32-16-6-3-7-17-32/h2-9,12,14-25,38H,10-11,13,26-28H2,1H3,(H,43,46)(H,44,45). The SMILES string of the molecule is COc1ccc(CCNC(=O)C2c3ccccc3-c3cccc(CCCCSc4nc(-c5ccccc5)c(-c5ccccc5)[nH]4)c32)cc1. The molecule has 6 aromatic rings. The number of aryl methyl sites for hydroxylation is 1. The van der Waals surface area contributed by atoms with Crippen LogP contribution in [0.15, 0.2) is 133 Å². The number of thioether (sulfide) groups is 1. The number of fused-ring (bicyclic) bond motifs is 3. The fourth-order valence-corrected chi connectivity index (χ4v) is 7.55. The zero-order chi connectivity index (χ0) is 32.7. The summed E-state index contributed by atoms with van der Waals surface area (Å²) in [4.78, 5) is 22.5. The van der Waals surface area contributed by atoms with Gasteiger partial charge in [-0.05, 0) is 71.2 Å². The first-order valence-electron chi connectivity index (χ1n) is 16.6. The Morgan fingerprint density at radius 1 is 0.771 bits per heavy atom. The summed E-state index contributed by atoms with van der Waals surface area (Å²) in [5.41, 5.74) is 11.3. The van der Waals surface area contributed by atoms with Gasteiger partial charge >= 0.3 is 0 Å². The molecule has 5 aromatic carbocycles. The molecule has 1 heterocycles. The third-order valence-corrected chi connectivity index (χ3v) is 10.0. The number of H-pyrrole nitrogens is 1. The van der Waals surface area contributed by atoms with Crippen molar-refractivity contribution in [3.8, 4) is 39.4 Å². The molecule has 0 fully saturated rings. The van der Waals surface area contributed by atoms with E-state index in [1.807, 2.05) is 30.3 Å². The van der Waals surface area contributed by atoms with E-state index < -0.39 is 0 Å². The van der Waals surface area contributed by atoms with Crippen molar-refractivity contribution in [1.29, 1.82) is 0 Å². The zero-order valence-corrected chi connectivity index (χ0v) is 27.9. The Morgan fingerprint density at radius 3 is 2.25 bits per heavy atom. The summed E-state index contributed by atoms with van der Waals surface area (Å²) >= 11 is 1.77. The van der Waals surface area contributed by atoms with Gasteiger partial charge in [0, 0.05) is 23.4 Å². The van der Waals surface area contributed by atoms with Crippen molar-refractivity contribution in [2.24, 2.45) is 0 Å². The molecule has 1 atom stereocenters. The lowest BCUT2D eigenvalue weighted by atomic mass is 9.90. The second-order valence-electron chi connectivity index (χ2n) is 12.1. The summed E-state index contributed by atoms with van der Waals surface area (Å²) < 4.78 is 5.28. The Morgan fingerprint density at radius 2 is 1.48 bits per heavy atom. The van der Waals surface area contributed by atoms with Gasteiger partial charge in [-0.25, -0.2) is 4.98 Å². The van der Waals surface area contributed by atoms with Crippen LogP contribution in [0.5, 0.6) is 5.75 Å².